The van der Waals surface area contributed by atoms with Gasteiger partial charge in [-0.1, -0.05) is 36.4 Å². The summed E-state index contributed by atoms with van der Waals surface area (Å²) < 4.78 is 10.3. The van der Waals surface area contributed by atoms with E-state index in [1.165, 1.54) is 0 Å². The fraction of sp³-hybridized carbons (Fsp3) is 0.412. The number of hydrogen-bond acceptors (Lipinski definition) is 4. The summed E-state index contributed by atoms with van der Waals surface area (Å²) in [4.78, 5) is 24.5. The van der Waals surface area contributed by atoms with Crippen molar-refractivity contribution in [3.63, 3.8) is 0 Å². The van der Waals surface area contributed by atoms with Gasteiger partial charge < -0.3 is 9.47 Å². The summed E-state index contributed by atoms with van der Waals surface area (Å²) in [5.74, 6) is -1.60. The molecular weight excluding hydrogens is 268 g/mol. The SMILES string of the molecule is CCOC(=O)C1C(C(=O)OCC)C12C=Cc1ccccc12. The molecule has 4 nitrogen and oxygen atoms in total. The van der Waals surface area contributed by atoms with Gasteiger partial charge in [-0.05, 0) is 25.0 Å². The average molecular weight is 286 g/mol. The minimum atomic E-state index is -0.574. The van der Waals surface area contributed by atoms with E-state index in [9.17, 15) is 9.59 Å². The quantitative estimate of drug-likeness (QED) is 0.797. The highest BCUT2D eigenvalue weighted by Gasteiger charge is 2.73. The van der Waals surface area contributed by atoms with Gasteiger partial charge in [-0.25, -0.2) is 0 Å². The van der Waals surface area contributed by atoms with E-state index in [-0.39, 0.29) is 11.9 Å². The third-order valence-electron chi connectivity index (χ3n) is 4.30. The lowest BCUT2D eigenvalue weighted by Crippen LogP contribution is -2.14. The number of ether oxygens (including phenoxy) is 2. The van der Waals surface area contributed by atoms with Gasteiger partial charge in [0, 0.05) is 5.41 Å². The van der Waals surface area contributed by atoms with Crippen LogP contribution in [0.1, 0.15) is 25.0 Å². The lowest BCUT2D eigenvalue weighted by atomic mass is 9.94. The summed E-state index contributed by atoms with van der Waals surface area (Å²) in [5, 5.41) is 0. The minimum absolute atomic E-state index is 0.312. The standard InChI is InChI=1S/C17H18O4/c1-3-20-15(18)13-14(16(19)21-4-2)17(13)10-9-11-7-5-6-8-12(11)17/h5-10,13-14H,3-4H2,1-2H3. The molecule has 1 spiro atoms. The number of rotatable bonds is 4. The molecule has 0 aromatic heterocycles. The van der Waals surface area contributed by atoms with Gasteiger partial charge in [0.1, 0.15) is 0 Å². The van der Waals surface area contributed by atoms with Crippen LogP contribution in [0, 0.1) is 11.8 Å². The fourth-order valence-corrected chi connectivity index (χ4v) is 3.43. The first-order chi connectivity index (χ1) is 10.2. The maximum absolute atomic E-state index is 12.2. The van der Waals surface area contributed by atoms with Gasteiger partial charge in [0.2, 0.25) is 0 Å². The Balaban J connectivity index is 1.98. The zero-order valence-corrected chi connectivity index (χ0v) is 12.2. The van der Waals surface area contributed by atoms with Gasteiger partial charge in [0.15, 0.2) is 0 Å². The predicted octanol–water partition coefficient (Wildman–Crippen LogP) is 2.32. The molecule has 0 saturated heterocycles. The minimum Gasteiger partial charge on any atom is -0.466 e. The Morgan fingerprint density at radius 2 is 1.62 bits per heavy atom. The molecule has 3 rings (SSSR count). The van der Waals surface area contributed by atoms with E-state index in [0.717, 1.165) is 11.1 Å². The number of carbonyl (C=O) groups excluding carboxylic acids is 2. The van der Waals surface area contributed by atoms with Crippen molar-refractivity contribution in [1.82, 2.24) is 0 Å². The van der Waals surface area contributed by atoms with Crippen molar-refractivity contribution >= 4 is 18.0 Å². The first-order valence-electron chi connectivity index (χ1n) is 7.28. The molecule has 0 aliphatic heterocycles. The summed E-state index contributed by atoms with van der Waals surface area (Å²) in [6.07, 6.45) is 3.93. The Labute approximate surface area is 123 Å². The van der Waals surface area contributed by atoms with E-state index in [1.807, 2.05) is 36.4 Å². The molecule has 1 aromatic carbocycles. The van der Waals surface area contributed by atoms with Crippen LogP contribution in [0.25, 0.3) is 6.08 Å². The highest BCUT2D eigenvalue weighted by Crippen LogP contribution is 2.65. The van der Waals surface area contributed by atoms with E-state index in [2.05, 4.69) is 0 Å². The van der Waals surface area contributed by atoms with Crippen LogP contribution >= 0.6 is 0 Å². The molecule has 0 radical (unpaired) electrons. The Hall–Kier alpha value is -2.10. The highest BCUT2D eigenvalue weighted by molar-refractivity contribution is 5.96. The number of esters is 2. The van der Waals surface area contributed by atoms with Gasteiger partial charge in [-0.2, -0.15) is 0 Å². The molecule has 1 saturated carbocycles. The molecule has 0 heterocycles. The summed E-state index contributed by atoms with van der Waals surface area (Å²) in [6, 6.07) is 7.84. The summed E-state index contributed by atoms with van der Waals surface area (Å²) >= 11 is 0. The Bertz CT molecular complexity index is 593. The summed E-state index contributed by atoms with van der Waals surface area (Å²) in [5.41, 5.74) is 1.49. The van der Waals surface area contributed by atoms with Gasteiger partial charge in [0.25, 0.3) is 0 Å². The number of allylic oxidation sites excluding steroid dienone is 1. The van der Waals surface area contributed by atoms with Gasteiger partial charge in [0.05, 0.1) is 25.0 Å². The number of benzene rings is 1. The molecular formula is C17H18O4. The van der Waals surface area contributed by atoms with Gasteiger partial charge in [-0.15, -0.1) is 0 Å². The smallest absolute Gasteiger partial charge is 0.311 e. The molecule has 1 aromatic rings. The monoisotopic (exact) mass is 286 g/mol. The van der Waals surface area contributed by atoms with E-state index >= 15 is 0 Å². The van der Waals surface area contributed by atoms with Crippen LogP contribution in [0.15, 0.2) is 30.3 Å². The molecule has 0 bridgehead atoms. The van der Waals surface area contributed by atoms with Crippen LogP contribution in [-0.2, 0) is 24.5 Å². The van der Waals surface area contributed by atoms with Crippen LogP contribution in [-0.4, -0.2) is 25.2 Å². The normalized spacial score (nSPS) is 28.3. The number of hydrogen-bond donors (Lipinski definition) is 0. The molecule has 2 aliphatic carbocycles. The zero-order valence-electron chi connectivity index (χ0n) is 12.2. The predicted molar refractivity (Wildman–Crippen MR) is 77.4 cm³/mol. The molecule has 4 heteroatoms. The lowest BCUT2D eigenvalue weighted by Gasteiger charge is -2.11. The van der Waals surface area contributed by atoms with E-state index in [0.29, 0.717) is 13.2 Å². The molecule has 0 N–H and O–H groups in total. The average Bonchev–Trinajstić information content (AvgIpc) is 3.01. The fourth-order valence-electron chi connectivity index (χ4n) is 3.43. The molecule has 0 amide bonds. The van der Waals surface area contributed by atoms with Crippen molar-refractivity contribution in [2.75, 3.05) is 13.2 Å². The molecule has 21 heavy (non-hydrogen) atoms. The molecule has 1 fully saturated rings. The second-order valence-corrected chi connectivity index (χ2v) is 5.31. The third kappa shape index (κ3) is 1.89. The zero-order chi connectivity index (χ0) is 15.0. The van der Waals surface area contributed by atoms with Crippen LogP contribution in [0.3, 0.4) is 0 Å². The van der Waals surface area contributed by atoms with Crippen molar-refractivity contribution in [2.45, 2.75) is 19.3 Å². The van der Waals surface area contributed by atoms with Crippen LogP contribution in [0.4, 0.5) is 0 Å². The van der Waals surface area contributed by atoms with Crippen LogP contribution < -0.4 is 0 Å². The van der Waals surface area contributed by atoms with Crippen LogP contribution in [0.2, 0.25) is 0 Å². The van der Waals surface area contributed by atoms with E-state index in [4.69, 9.17) is 9.47 Å². The molecule has 2 aliphatic rings. The topological polar surface area (TPSA) is 52.6 Å². The molecule has 2 unspecified atom stereocenters. The number of carbonyl (C=O) groups is 2. The summed E-state index contributed by atoms with van der Waals surface area (Å²) in [7, 11) is 0. The highest BCUT2D eigenvalue weighted by atomic mass is 16.5. The van der Waals surface area contributed by atoms with Crippen molar-refractivity contribution < 1.29 is 19.1 Å². The Kier molecular flexibility index (Phi) is 3.32. The molecule has 2 atom stereocenters. The Morgan fingerprint density at radius 1 is 1.05 bits per heavy atom. The Morgan fingerprint density at radius 3 is 2.19 bits per heavy atom. The molecule has 110 valence electrons. The number of fused-ring (bicyclic) bond motifs is 2. The first-order valence-corrected chi connectivity index (χ1v) is 7.28. The van der Waals surface area contributed by atoms with Gasteiger partial charge in [-0.3, -0.25) is 9.59 Å². The second-order valence-electron chi connectivity index (χ2n) is 5.31. The maximum atomic E-state index is 12.2. The maximum Gasteiger partial charge on any atom is 0.311 e. The van der Waals surface area contributed by atoms with Crippen molar-refractivity contribution in [3.8, 4) is 0 Å². The van der Waals surface area contributed by atoms with Crippen molar-refractivity contribution in [3.05, 3.63) is 41.5 Å². The van der Waals surface area contributed by atoms with Crippen molar-refractivity contribution in [2.24, 2.45) is 11.8 Å². The van der Waals surface area contributed by atoms with Crippen molar-refractivity contribution in [1.29, 1.82) is 0 Å². The third-order valence-corrected chi connectivity index (χ3v) is 4.30. The van der Waals surface area contributed by atoms with Crippen LogP contribution in [0.5, 0.6) is 0 Å². The van der Waals surface area contributed by atoms with E-state index in [1.54, 1.807) is 13.8 Å². The lowest BCUT2D eigenvalue weighted by molar-refractivity contribution is -0.150. The van der Waals surface area contributed by atoms with E-state index < -0.39 is 17.3 Å². The first kappa shape index (κ1) is 13.9. The summed E-state index contributed by atoms with van der Waals surface area (Å²) in [6.45, 7) is 4.16. The second kappa shape index (κ2) is 5.02. The van der Waals surface area contributed by atoms with Gasteiger partial charge >= 0.3 is 11.9 Å². The largest absolute Gasteiger partial charge is 0.466 e.